The third-order valence-corrected chi connectivity index (χ3v) is 17.9. The van der Waals surface area contributed by atoms with Crippen molar-refractivity contribution in [3.05, 3.63) is 0 Å². The SMILES string of the molecule is CC(C)O[C@H]1OC(CO)[C@@H](O[C@H]2OC(CO)[C@@H](O[C@H]3OC(CO)[C@@H](O[C@H]4OC(CO)[C@@H](OC(C)C)[C@H](O)C4O)[C@H](O)C3O)[C@H](O)C2O)[C@H](O)C1O.CO[C@H]1OC(CO)[C@@H](O[C@H]2OC(CO[C@H]3OC(CO)[C@@H](OC)[C@H](O)C3O)[C@@H](O[C@H]3OC(CO)[C@@H](OC)[C@H](O)C3O)[C@H](O)C2O)[C@H](O)C1O. The minimum atomic E-state index is -1.99. The zero-order valence-electron chi connectivity index (χ0n) is 54.9. The molecule has 23 N–H and O–H groups in total. The largest absolute Gasteiger partial charge is 0.394 e. The van der Waals surface area contributed by atoms with Crippen molar-refractivity contribution in [3.8, 4) is 0 Å². The van der Waals surface area contributed by atoms with Crippen molar-refractivity contribution in [3.63, 3.8) is 0 Å². The molecule has 8 aliphatic heterocycles. The molecule has 8 aliphatic rings. The molecular weight excluding hydrogens is 1360 g/mol. The molecule has 0 radical (unpaired) electrons. The molecule has 40 atom stereocenters. The Bertz CT molecular complexity index is 2300. The fourth-order valence-corrected chi connectivity index (χ4v) is 12.6. The first-order chi connectivity index (χ1) is 46.9. The van der Waals surface area contributed by atoms with E-state index in [4.69, 9.17) is 90.0 Å². The lowest BCUT2D eigenvalue weighted by Crippen LogP contribution is -2.67. The van der Waals surface area contributed by atoms with Crippen LogP contribution in [-0.4, -0.2) is 449 Å². The Morgan fingerprint density at radius 3 is 0.737 bits per heavy atom. The molecule has 0 aromatic heterocycles. The average Bonchev–Trinajstić information content (AvgIpc) is 0.781. The van der Waals surface area contributed by atoms with Gasteiger partial charge in [0.25, 0.3) is 0 Å². The lowest BCUT2D eigenvalue weighted by molar-refractivity contribution is -0.389. The number of ether oxygens (including phenoxy) is 19. The predicted molar refractivity (Wildman–Crippen MR) is 310 cm³/mol. The number of aliphatic hydroxyl groups is 23. The fraction of sp³-hybridized carbons (Fsp3) is 1.00. The van der Waals surface area contributed by atoms with Gasteiger partial charge in [0.1, 0.15) is 195 Å². The third-order valence-electron chi connectivity index (χ3n) is 17.9. The topological polar surface area (TPSA) is 641 Å². The first kappa shape index (κ1) is 84.6. The van der Waals surface area contributed by atoms with Crippen molar-refractivity contribution in [2.45, 2.75) is 286 Å². The van der Waals surface area contributed by atoms with Gasteiger partial charge in [-0.3, -0.25) is 0 Å². The van der Waals surface area contributed by atoms with Gasteiger partial charge < -0.3 is 207 Å². The first-order valence-electron chi connectivity index (χ1n) is 32.1. The summed E-state index contributed by atoms with van der Waals surface area (Å²) in [7, 11) is 3.65. The van der Waals surface area contributed by atoms with Crippen LogP contribution >= 0.6 is 0 Å². The first-order valence-corrected chi connectivity index (χ1v) is 32.1. The van der Waals surface area contributed by atoms with Crippen LogP contribution in [0, 0.1) is 0 Å². The number of hydrogen-bond acceptors (Lipinski definition) is 42. The Morgan fingerprint density at radius 1 is 0.232 bits per heavy atom. The maximum atomic E-state index is 11.3. The Balaban J connectivity index is 0.000000279. The van der Waals surface area contributed by atoms with Gasteiger partial charge in [0.05, 0.1) is 65.1 Å². The van der Waals surface area contributed by atoms with Crippen LogP contribution in [0.3, 0.4) is 0 Å². The molecule has 42 nitrogen and oxygen atoms in total. The van der Waals surface area contributed by atoms with Gasteiger partial charge in [-0.25, -0.2) is 0 Å². The predicted octanol–water partition coefficient (Wildman–Crippen LogP) is -14.7. The van der Waals surface area contributed by atoms with E-state index in [2.05, 4.69) is 0 Å². The molecule has 8 heterocycles. The van der Waals surface area contributed by atoms with Crippen molar-refractivity contribution in [2.75, 3.05) is 74.2 Å². The maximum Gasteiger partial charge on any atom is 0.187 e. The van der Waals surface area contributed by atoms with Crippen LogP contribution in [-0.2, 0) is 90.0 Å². The van der Waals surface area contributed by atoms with E-state index in [9.17, 15) is 117 Å². The number of rotatable bonds is 27. The zero-order chi connectivity index (χ0) is 73.3. The standard InChI is InChI=1S/C30H54O21.C27H48O21/c1-9(2)43-23-11(5-31)46-28(20(40)15(23)35)50-25-13(7-33)48-30(22(42)17(25)37)51-26-14(8-34)47-29(21(41)18(26)38)49-24-12(6-32)45-27(44-10(3)4)19(39)16(24)36;1-39-20-8(4-28)44-25(17(36)12(20)31)42-7-11-23(48-26-18(37)13(32)21(40-2)9(5-29)45-26)15(34)19(38)27(46-11)47-22-10(6-30)43-24(41-3)16(35)14(22)33/h9-42H,5-8H2,1-4H3;8-38H,4-7H2,1-3H3/t11?,12?,13?,14?,15-,16-,17-,18-,19?,20?,21?,22?,23-,24-,25-,26-,27+,28-,29-,30-;8?,9?,10?,11?,12-,13-,14-,15-,16?,17?,18?,19?,20-,21-,22-,23-,24+,25+,26-,27-/m11/s1. The van der Waals surface area contributed by atoms with Crippen LogP contribution in [0.4, 0.5) is 0 Å². The van der Waals surface area contributed by atoms with E-state index in [0.29, 0.717) is 0 Å². The summed E-state index contributed by atoms with van der Waals surface area (Å²) < 4.78 is 105. The van der Waals surface area contributed by atoms with Crippen molar-refractivity contribution in [1.82, 2.24) is 0 Å². The molecule has 0 aromatic rings. The molecule has 8 rings (SSSR count). The van der Waals surface area contributed by atoms with Gasteiger partial charge in [0.2, 0.25) is 0 Å². The van der Waals surface area contributed by atoms with Gasteiger partial charge in [0.15, 0.2) is 50.3 Å². The molecule has 0 saturated carbocycles. The summed E-state index contributed by atoms with van der Waals surface area (Å²) in [5.41, 5.74) is 0. The summed E-state index contributed by atoms with van der Waals surface area (Å²) in [5, 5.41) is 242. The molecule has 0 spiro atoms. The Hall–Kier alpha value is -1.68. The molecule has 0 amide bonds. The second-order valence-corrected chi connectivity index (χ2v) is 25.3. The van der Waals surface area contributed by atoms with E-state index in [1.807, 2.05) is 0 Å². The number of hydrogen-bond donors (Lipinski definition) is 23. The van der Waals surface area contributed by atoms with Gasteiger partial charge >= 0.3 is 0 Å². The van der Waals surface area contributed by atoms with Crippen LogP contribution in [0.25, 0.3) is 0 Å². The van der Waals surface area contributed by atoms with E-state index in [-0.39, 0.29) is 0 Å². The normalized spacial score (nSPS) is 49.3. The van der Waals surface area contributed by atoms with Crippen LogP contribution in [0.1, 0.15) is 27.7 Å². The third kappa shape index (κ3) is 19.2. The molecule has 8 saturated heterocycles. The Labute approximate surface area is 566 Å². The highest BCUT2D eigenvalue weighted by Crippen LogP contribution is 2.38. The van der Waals surface area contributed by atoms with E-state index in [0.717, 1.165) is 0 Å². The highest BCUT2D eigenvalue weighted by molar-refractivity contribution is 5.01. The van der Waals surface area contributed by atoms with E-state index in [1.54, 1.807) is 27.7 Å². The maximum absolute atomic E-state index is 11.3. The molecule has 0 aromatic carbocycles. The van der Waals surface area contributed by atoms with Crippen LogP contribution in [0.5, 0.6) is 0 Å². The summed E-state index contributed by atoms with van der Waals surface area (Å²) in [6.07, 6.45) is -64.8. The highest BCUT2D eigenvalue weighted by atomic mass is 16.8. The molecule has 582 valence electrons. The number of aliphatic hydroxyl groups excluding tert-OH is 23. The second kappa shape index (κ2) is 38.2. The number of methoxy groups -OCH3 is 3. The van der Waals surface area contributed by atoms with Gasteiger partial charge in [-0.2, -0.15) is 0 Å². The van der Waals surface area contributed by atoms with Gasteiger partial charge in [-0.05, 0) is 27.7 Å². The van der Waals surface area contributed by atoms with Gasteiger partial charge in [-0.15, -0.1) is 0 Å². The van der Waals surface area contributed by atoms with Gasteiger partial charge in [-0.1, -0.05) is 0 Å². The van der Waals surface area contributed by atoms with Crippen molar-refractivity contribution in [2.24, 2.45) is 0 Å². The molecular formula is C57H102O42. The van der Waals surface area contributed by atoms with Crippen LogP contribution in [0.15, 0.2) is 0 Å². The van der Waals surface area contributed by atoms with E-state index < -0.39 is 311 Å². The second-order valence-electron chi connectivity index (χ2n) is 25.3. The lowest BCUT2D eigenvalue weighted by atomic mass is 9.95. The quantitative estimate of drug-likeness (QED) is 0.0363. The molecule has 16 unspecified atom stereocenters. The van der Waals surface area contributed by atoms with E-state index >= 15 is 0 Å². The summed E-state index contributed by atoms with van der Waals surface area (Å²) in [5.74, 6) is 0. The smallest absolute Gasteiger partial charge is 0.187 e. The molecule has 0 aliphatic carbocycles. The summed E-state index contributed by atoms with van der Waals surface area (Å²) in [6, 6.07) is 0. The summed E-state index contributed by atoms with van der Waals surface area (Å²) >= 11 is 0. The zero-order valence-corrected chi connectivity index (χ0v) is 54.9. The highest BCUT2D eigenvalue weighted by Gasteiger charge is 2.58. The Morgan fingerprint density at radius 2 is 0.444 bits per heavy atom. The summed E-state index contributed by atoms with van der Waals surface area (Å²) in [4.78, 5) is 0. The monoisotopic (exact) mass is 1460 g/mol. The lowest BCUT2D eigenvalue weighted by Gasteiger charge is -2.49. The molecule has 0 bridgehead atoms. The molecule has 42 heteroatoms. The van der Waals surface area contributed by atoms with Crippen LogP contribution < -0.4 is 0 Å². The van der Waals surface area contributed by atoms with Crippen molar-refractivity contribution >= 4 is 0 Å². The van der Waals surface area contributed by atoms with E-state index in [1.165, 1.54) is 21.3 Å². The summed E-state index contributed by atoms with van der Waals surface area (Å²) in [6.45, 7) is 0.851. The molecule has 8 fully saturated rings. The minimum absolute atomic E-state index is 0.408. The fourth-order valence-electron chi connectivity index (χ4n) is 12.6. The van der Waals surface area contributed by atoms with Crippen LogP contribution in [0.2, 0.25) is 0 Å². The Kier molecular flexibility index (Phi) is 32.7. The van der Waals surface area contributed by atoms with Crippen molar-refractivity contribution < 1.29 is 207 Å². The average molecular weight is 1460 g/mol. The minimum Gasteiger partial charge on any atom is -0.394 e. The van der Waals surface area contributed by atoms with Crippen molar-refractivity contribution in [1.29, 1.82) is 0 Å². The molecule has 99 heavy (non-hydrogen) atoms. The van der Waals surface area contributed by atoms with Gasteiger partial charge in [0, 0.05) is 21.3 Å².